The third-order valence-electron chi connectivity index (χ3n) is 7.40. The van der Waals surface area contributed by atoms with E-state index in [4.69, 9.17) is 4.74 Å². The van der Waals surface area contributed by atoms with Crippen LogP contribution in [0.3, 0.4) is 0 Å². The molecule has 186 valence electrons. The second kappa shape index (κ2) is 10.1. The molecule has 8 heteroatoms. The second-order valence-electron chi connectivity index (χ2n) is 9.72. The molecule has 0 bridgehead atoms. The van der Waals surface area contributed by atoms with E-state index >= 15 is 0 Å². The molecular weight excluding hydrogens is 448 g/mol. The number of aliphatic carboxylic acids is 1. The lowest BCUT2D eigenvalue weighted by Gasteiger charge is -2.40. The average Bonchev–Trinajstić information content (AvgIpc) is 3.16. The van der Waals surface area contributed by atoms with Crippen molar-refractivity contribution in [1.82, 2.24) is 10.6 Å². The number of fused-ring (bicyclic) bond motifs is 3. The van der Waals surface area contributed by atoms with Gasteiger partial charge in [0.1, 0.15) is 6.61 Å². The van der Waals surface area contributed by atoms with Crippen molar-refractivity contribution in [1.29, 1.82) is 0 Å². The van der Waals surface area contributed by atoms with Gasteiger partial charge in [0.15, 0.2) is 6.04 Å². The average molecular weight is 481 g/mol. The SMILES string of the molecule is C[C@@H](O)[C@H](NC(=O)C1(C)CCCCC1NC(=O)OCC1c2ccccc2-c2ccccc21)C(=O)O. The molecule has 2 aromatic rings. The van der Waals surface area contributed by atoms with Crippen molar-refractivity contribution in [3.63, 3.8) is 0 Å². The number of carbonyl (C=O) groups excluding carboxylic acids is 2. The highest BCUT2D eigenvalue weighted by Gasteiger charge is 2.45. The number of hydrogen-bond donors (Lipinski definition) is 4. The molecular formula is C27H32N2O6. The van der Waals surface area contributed by atoms with Crippen LogP contribution in [0.4, 0.5) is 4.79 Å². The van der Waals surface area contributed by atoms with Gasteiger partial charge in [0.25, 0.3) is 0 Å². The number of aliphatic hydroxyl groups excluding tert-OH is 1. The highest BCUT2D eigenvalue weighted by atomic mass is 16.5. The van der Waals surface area contributed by atoms with Crippen molar-refractivity contribution in [2.45, 2.75) is 63.6 Å². The van der Waals surface area contributed by atoms with E-state index in [9.17, 15) is 24.6 Å². The summed E-state index contributed by atoms with van der Waals surface area (Å²) in [5, 5.41) is 24.4. The van der Waals surface area contributed by atoms with Crippen molar-refractivity contribution >= 4 is 18.0 Å². The molecule has 1 fully saturated rings. The number of rotatable bonds is 7. The number of carbonyl (C=O) groups is 3. The van der Waals surface area contributed by atoms with Gasteiger partial charge in [0.2, 0.25) is 5.91 Å². The number of alkyl carbamates (subject to hydrolysis) is 1. The molecule has 2 aliphatic carbocycles. The number of aliphatic hydroxyl groups is 1. The minimum absolute atomic E-state index is 0.0726. The maximum absolute atomic E-state index is 13.1. The van der Waals surface area contributed by atoms with Crippen molar-refractivity contribution < 1.29 is 29.3 Å². The number of carboxylic acid groups (broad SMARTS) is 1. The molecule has 2 aromatic carbocycles. The van der Waals surface area contributed by atoms with E-state index in [1.807, 2.05) is 36.4 Å². The predicted molar refractivity (Wildman–Crippen MR) is 130 cm³/mol. The normalized spacial score (nSPS) is 22.9. The smallest absolute Gasteiger partial charge is 0.407 e. The fourth-order valence-corrected chi connectivity index (χ4v) is 5.31. The van der Waals surface area contributed by atoms with Gasteiger partial charge in [-0.3, -0.25) is 4.79 Å². The highest BCUT2D eigenvalue weighted by molar-refractivity contribution is 5.88. The molecule has 2 aliphatic rings. The molecule has 0 saturated heterocycles. The van der Waals surface area contributed by atoms with E-state index in [1.54, 1.807) is 6.92 Å². The van der Waals surface area contributed by atoms with Crippen LogP contribution in [0.2, 0.25) is 0 Å². The summed E-state index contributed by atoms with van der Waals surface area (Å²) in [7, 11) is 0. The first kappa shape index (κ1) is 24.7. The lowest BCUT2D eigenvalue weighted by Crippen LogP contribution is -2.59. The molecule has 1 saturated carbocycles. The number of nitrogens with one attached hydrogen (secondary N) is 2. The molecule has 4 rings (SSSR count). The monoisotopic (exact) mass is 480 g/mol. The molecule has 0 spiro atoms. The quantitative estimate of drug-likeness (QED) is 0.481. The van der Waals surface area contributed by atoms with Crippen LogP contribution < -0.4 is 10.6 Å². The van der Waals surface area contributed by atoms with Crippen LogP contribution in [0.25, 0.3) is 11.1 Å². The van der Waals surface area contributed by atoms with Gasteiger partial charge >= 0.3 is 12.1 Å². The Kier molecular flexibility index (Phi) is 7.12. The lowest BCUT2D eigenvalue weighted by atomic mass is 9.71. The summed E-state index contributed by atoms with van der Waals surface area (Å²) in [4.78, 5) is 37.4. The number of carboxylic acids is 1. The zero-order valence-electron chi connectivity index (χ0n) is 20.0. The van der Waals surface area contributed by atoms with Gasteiger partial charge in [-0.1, -0.05) is 61.4 Å². The summed E-state index contributed by atoms with van der Waals surface area (Å²) in [6, 6.07) is 14.2. The Morgan fingerprint density at radius 1 is 1.06 bits per heavy atom. The zero-order chi connectivity index (χ0) is 25.2. The first-order valence-corrected chi connectivity index (χ1v) is 12.1. The topological polar surface area (TPSA) is 125 Å². The molecule has 0 aromatic heterocycles. The van der Waals surface area contributed by atoms with Crippen LogP contribution in [-0.4, -0.2) is 53.0 Å². The van der Waals surface area contributed by atoms with Crippen LogP contribution in [0.5, 0.6) is 0 Å². The first-order valence-electron chi connectivity index (χ1n) is 12.1. The Bertz CT molecular complexity index is 1070. The van der Waals surface area contributed by atoms with Crippen LogP contribution in [0, 0.1) is 5.41 Å². The van der Waals surface area contributed by atoms with Crippen LogP contribution in [0.15, 0.2) is 48.5 Å². The van der Waals surface area contributed by atoms with E-state index in [1.165, 1.54) is 6.92 Å². The Hall–Kier alpha value is -3.39. The number of ether oxygens (including phenoxy) is 1. The minimum atomic E-state index is -1.42. The Labute approximate surface area is 204 Å². The summed E-state index contributed by atoms with van der Waals surface area (Å²) in [5.74, 6) is -1.89. The fraction of sp³-hybridized carbons (Fsp3) is 0.444. The summed E-state index contributed by atoms with van der Waals surface area (Å²) >= 11 is 0. The Morgan fingerprint density at radius 3 is 2.23 bits per heavy atom. The van der Waals surface area contributed by atoms with Gasteiger partial charge in [-0.2, -0.15) is 0 Å². The van der Waals surface area contributed by atoms with Gasteiger partial charge in [-0.25, -0.2) is 9.59 Å². The van der Waals surface area contributed by atoms with E-state index in [-0.39, 0.29) is 12.5 Å². The molecule has 4 atom stereocenters. The fourth-order valence-electron chi connectivity index (χ4n) is 5.31. The molecule has 8 nitrogen and oxygen atoms in total. The summed E-state index contributed by atoms with van der Waals surface area (Å²) < 4.78 is 5.66. The summed E-state index contributed by atoms with van der Waals surface area (Å²) in [6.45, 7) is 3.20. The molecule has 2 amide bonds. The van der Waals surface area contributed by atoms with Crippen molar-refractivity contribution in [2.24, 2.45) is 5.41 Å². The highest BCUT2D eigenvalue weighted by Crippen LogP contribution is 2.44. The third kappa shape index (κ3) is 4.89. The minimum Gasteiger partial charge on any atom is -0.480 e. The van der Waals surface area contributed by atoms with Crippen LogP contribution >= 0.6 is 0 Å². The van der Waals surface area contributed by atoms with E-state index in [0.29, 0.717) is 12.8 Å². The predicted octanol–water partition coefficient (Wildman–Crippen LogP) is 3.42. The lowest BCUT2D eigenvalue weighted by molar-refractivity contribution is -0.147. The van der Waals surface area contributed by atoms with E-state index in [0.717, 1.165) is 35.1 Å². The molecule has 4 N–H and O–H groups in total. The number of amides is 2. The molecule has 2 unspecified atom stereocenters. The molecule has 0 aliphatic heterocycles. The largest absolute Gasteiger partial charge is 0.480 e. The second-order valence-corrected chi connectivity index (χ2v) is 9.72. The maximum Gasteiger partial charge on any atom is 0.407 e. The molecule has 0 radical (unpaired) electrons. The molecule has 0 heterocycles. The van der Waals surface area contributed by atoms with Gasteiger partial charge in [-0.15, -0.1) is 0 Å². The van der Waals surface area contributed by atoms with Crippen LogP contribution in [0.1, 0.15) is 56.6 Å². The third-order valence-corrected chi connectivity index (χ3v) is 7.40. The van der Waals surface area contributed by atoms with Crippen molar-refractivity contribution in [3.8, 4) is 11.1 Å². The van der Waals surface area contributed by atoms with Gasteiger partial charge < -0.3 is 25.6 Å². The standard InChI is InChI=1S/C27H32N2O6/c1-16(30)23(24(31)32)29-25(33)27(2)14-8-7-13-22(27)28-26(34)35-15-21-19-11-5-3-9-17(19)18-10-4-6-12-20(18)21/h3-6,9-12,16,21-23,30H,7-8,13-15H2,1-2H3,(H,28,34)(H,29,33)(H,31,32)/t16-,22?,23+,27?/m1/s1. The van der Waals surface area contributed by atoms with E-state index in [2.05, 4.69) is 22.8 Å². The number of hydrogen-bond acceptors (Lipinski definition) is 5. The van der Waals surface area contributed by atoms with Crippen LogP contribution in [-0.2, 0) is 14.3 Å². The summed E-state index contributed by atoms with van der Waals surface area (Å²) in [5.41, 5.74) is 3.48. The van der Waals surface area contributed by atoms with Crippen molar-refractivity contribution in [2.75, 3.05) is 6.61 Å². The Morgan fingerprint density at radius 2 is 1.66 bits per heavy atom. The first-order chi connectivity index (χ1) is 16.7. The molecule has 35 heavy (non-hydrogen) atoms. The van der Waals surface area contributed by atoms with Gasteiger partial charge in [0, 0.05) is 12.0 Å². The van der Waals surface area contributed by atoms with Gasteiger partial charge in [0.05, 0.1) is 11.5 Å². The maximum atomic E-state index is 13.1. The number of benzene rings is 2. The van der Waals surface area contributed by atoms with Gasteiger partial charge in [-0.05, 0) is 48.9 Å². The summed E-state index contributed by atoms with van der Waals surface area (Å²) in [6.07, 6.45) is 0.801. The zero-order valence-corrected chi connectivity index (χ0v) is 20.0. The Balaban J connectivity index is 1.43. The van der Waals surface area contributed by atoms with E-state index < -0.39 is 41.6 Å². The van der Waals surface area contributed by atoms with Crippen molar-refractivity contribution in [3.05, 3.63) is 59.7 Å².